The third-order valence-electron chi connectivity index (χ3n) is 5.04. The lowest BCUT2D eigenvalue weighted by molar-refractivity contribution is 0.324. The Morgan fingerprint density at radius 1 is 1.25 bits per heavy atom. The summed E-state index contributed by atoms with van der Waals surface area (Å²) in [6, 6.07) is 0.553. The third-order valence-corrected chi connectivity index (χ3v) is 5.04. The normalized spacial score (nSPS) is 21.8. The predicted molar refractivity (Wildman–Crippen MR) is 101 cm³/mol. The maximum Gasteiger partial charge on any atom is 0.191 e. The van der Waals surface area contributed by atoms with Crippen molar-refractivity contribution in [2.75, 3.05) is 6.54 Å². The highest BCUT2D eigenvalue weighted by Crippen LogP contribution is 2.23. The summed E-state index contributed by atoms with van der Waals surface area (Å²) in [6.45, 7) is 10.4. The fraction of sp³-hybridized carbons (Fsp3) is 0.789. The average Bonchev–Trinajstić information content (AvgIpc) is 2.87. The molecule has 1 aromatic rings. The van der Waals surface area contributed by atoms with Crippen LogP contribution in [0, 0.1) is 5.92 Å². The topological polar surface area (TPSA) is 54.2 Å². The summed E-state index contributed by atoms with van der Waals surface area (Å²) < 4.78 is 2.02. The molecule has 0 bridgehead atoms. The molecule has 1 aliphatic carbocycles. The van der Waals surface area contributed by atoms with Crippen LogP contribution in [0.4, 0.5) is 0 Å². The van der Waals surface area contributed by atoms with Gasteiger partial charge in [-0.3, -0.25) is 4.68 Å². The lowest BCUT2D eigenvalue weighted by Gasteiger charge is -2.28. The smallest absolute Gasteiger partial charge is 0.191 e. The molecule has 0 radical (unpaired) electrons. The molecule has 2 atom stereocenters. The summed E-state index contributed by atoms with van der Waals surface area (Å²) in [5.74, 6) is 1.76. The van der Waals surface area contributed by atoms with Crippen LogP contribution in [0.15, 0.2) is 4.99 Å². The predicted octanol–water partition coefficient (Wildman–Crippen LogP) is 3.18. The van der Waals surface area contributed by atoms with Gasteiger partial charge in [0.1, 0.15) is 0 Å². The van der Waals surface area contributed by atoms with Gasteiger partial charge in [-0.1, -0.05) is 33.6 Å². The highest BCUT2D eigenvalue weighted by Gasteiger charge is 2.20. The number of aryl methyl sites for hydroxylation is 2. The van der Waals surface area contributed by atoms with E-state index in [0.717, 1.165) is 31.3 Å². The van der Waals surface area contributed by atoms with E-state index in [9.17, 15) is 0 Å². The van der Waals surface area contributed by atoms with Gasteiger partial charge in [-0.05, 0) is 38.5 Å². The lowest BCUT2D eigenvalue weighted by Crippen LogP contribution is -2.45. The number of aromatic nitrogens is 2. The quantitative estimate of drug-likeness (QED) is 0.621. The molecule has 0 aliphatic heterocycles. The second-order valence-corrected chi connectivity index (χ2v) is 7.01. The Hall–Kier alpha value is -1.52. The Balaban J connectivity index is 2.10. The van der Waals surface area contributed by atoms with Crippen molar-refractivity contribution in [2.45, 2.75) is 78.8 Å². The number of hydrogen-bond donors (Lipinski definition) is 2. The van der Waals surface area contributed by atoms with E-state index in [4.69, 9.17) is 4.99 Å². The molecule has 136 valence electrons. The van der Waals surface area contributed by atoms with Gasteiger partial charge >= 0.3 is 0 Å². The molecular weight excluding hydrogens is 298 g/mol. The summed E-state index contributed by atoms with van der Waals surface area (Å²) >= 11 is 0. The van der Waals surface area contributed by atoms with Crippen molar-refractivity contribution in [3.63, 3.8) is 0 Å². The van der Waals surface area contributed by atoms with E-state index < -0.39 is 0 Å². The number of hydrogen-bond acceptors (Lipinski definition) is 2. The average molecular weight is 334 g/mol. The van der Waals surface area contributed by atoms with Crippen LogP contribution in [0.5, 0.6) is 0 Å². The molecule has 0 spiro atoms. The minimum atomic E-state index is 0.553. The zero-order valence-corrected chi connectivity index (χ0v) is 16.2. The van der Waals surface area contributed by atoms with Crippen molar-refractivity contribution in [1.82, 2.24) is 20.4 Å². The minimum absolute atomic E-state index is 0.553. The summed E-state index contributed by atoms with van der Waals surface area (Å²) in [7, 11) is 2.04. The van der Waals surface area contributed by atoms with Crippen LogP contribution in [0.2, 0.25) is 0 Å². The monoisotopic (exact) mass is 333 g/mol. The first kappa shape index (κ1) is 18.8. The minimum Gasteiger partial charge on any atom is -0.357 e. The van der Waals surface area contributed by atoms with Crippen LogP contribution in [0.3, 0.4) is 0 Å². The standard InChI is InChI=1S/C19H35N5/c1-6-17-16(18(7-2)24(5)23-17)13-21-19(20-8-3)22-15-11-9-10-14(4)12-15/h14-15H,6-13H2,1-5H3,(H2,20,21,22). The first-order valence-electron chi connectivity index (χ1n) is 9.67. The highest BCUT2D eigenvalue weighted by atomic mass is 15.3. The molecule has 2 rings (SSSR count). The Morgan fingerprint density at radius 3 is 2.67 bits per heavy atom. The van der Waals surface area contributed by atoms with Gasteiger partial charge in [-0.2, -0.15) is 5.10 Å². The Bertz CT molecular complexity index is 546. The molecule has 5 heteroatoms. The van der Waals surface area contributed by atoms with E-state index in [0.29, 0.717) is 12.6 Å². The van der Waals surface area contributed by atoms with Gasteiger partial charge in [0.05, 0.1) is 12.2 Å². The van der Waals surface area contributed by atoms with Gasteiger partial charge in [-0.25, -0.2) is 4.99 Å². The number of rotatable bonds is 6. The molecule has 1 aromatic heterocycles. The van der Waals surface area contributed by atoms with Gasteiger partial charge < -0.3 is 10.6 Å². The van der Waals surface area contributed by atoms with Crippen molar-refractivity contribution in [2.24, 2.45) is 18.0 Å². The Kier molecular flexibility index (Phi) is 7.13. The summed E-state index contributed by atoms with van der Waals surface area (Å²) in [5, 5.41) is 11.7. The summed E-state index contributed by atoms with van der Waals surface area (Å²) in [5.41, 5.74) is 3.79. The molecule has 1 aliphatic rings. The van der Waals surface area contributed by atoms with Gasteiger partial charge in [0.2, 0.25) is 0 Å². The fourth-order valence-corrected chi connectivity index (χ4v) is 3.81. The lowest BCUT2D eigenvalue weighted by atomic mass is 9.87. The number of nitrogens with zero attached hydrogens (tertiary/aromatic N) is 3. The van der Waals surface area contributed by atoms with E-state index in [1.807, 2.05) is 11.7 Å². The van der Waals surface area contributed by atoms with Crippen molar-refractivity contribution in [1.29, 1.82) is 0 Å². The van der Waals surface area contributed by atoms with E-state index in [2.05, 4.69) is 43.4 Å². The van der Waals surface area contributed by atoms with E-state index in [-0.39, 0.29) is 0 Å². The zero-order chi connectivity index (χ0) is 17.5. The molecule has 1 heterocycles. The first-order valence-corrected chi connectivity index (χ1v) is 9.67. The van der Waals surface area contributed by atoms with E-state index in [1.165, 1.54) is 42.6 Å². The third kappa shape index (κ3) is 4.74. The second-order valence-electron chi connectivity index (χ2n) is 7.01. The van der Waals surface area contributed by atoms with Gasteiger partial charge in [0, 0.05) is 30.9 Å². The van der Waals surface area contributed by atoms with Crippen LogP contribution in [0.1, 0.15) is 70.3 Å². The van der Waals surface area contributed by atoms with Crippen LogP contribution in [-0.4, -0.2) is 28.3 Å². The Labute approximate surface area is 147 Å². The molecular formula is C19H35N5. The van der Waals surface area contributed by atoms with Crippen LogP contribution in [0.25, 0.3) is 0 Å². The van der Waals surface area contributed by atoms with Crippen LogP contribution < -0.4 is 10.6 Å². The molecule has 0 saturated heterocycles. The first-order chi connectivity index (χ1) is 11.6. The summed E-state index contributed by atoms with van der Waals surface area (Å²) in [4.78, 5) is 4.87. The zero-order valence-electron chi connectivity index (χ0n) is 16.2. The van der Waals surface area contributed by atoms with E-state index >= 15 is 0 Å². The van der Waals surface area contributed by atoms with Gasteiger partial charge in [0.15, 0.2) is 5.96 Å². The molecule has 1 fully saturated rings. The maximum absolute atomic E-state index is 4.87. The molecule has 1 saturated carbocycles. The fourth-order valence-electron chi connectivity index (χ4n) is 3.81. The molecule has 5 nitrogen and oxygen atoms in total. The van der Waals surface area contributed by atoms with Gasteiger partial charge in [0.25, 0.3) is 0 Å². The van der Waals surface area contributed by atoms with Gasteiger partial charge in [-0.15, -0.1) is 0 Å². The largest absolute Gasteiger partial charge is 0.357 e. The SMILES string of the molecule is CCNC(=NCc1c(CC)nn(C)c1CC)NC1CCCC(C)C1. The molecule has 0 amide bonds. The highest BCUT2D eigenvalue weighted by molar-refractivity contribution is 5.80. The second kappa shape index (κ2) is 9.09. The van der Waals surface area contributed by atoms with Crippen molar-refractivity contribution >= 4 is 5.96 Å². The van der Waals surface area contributed by atoms with Crippen molar-refractivity contribution < 1.29 is 0 Å². The molecule has 24 heavy (non-hydrogen) atoms. The molecule has 2 unspecified atom stereocenters. The van der Waals surface area contributed by atoms with Crippen molar-refractivity contribution in [3.8, 4) is 0 Å². The summed E-state index contributed by atoms with van der Waals surface area (Å²) in [6.07, 6.45) is 7.14. The van der Waals surface area contributed by atoms with Crippen molar-refractivity contribution in [3.05, 3.63) is 17.0 Å². The van der Waals surface area contributed by atoms with Crippen LogP contribution >= 0.6 is 0 Å². The number of nitrogens with one attached hydrogen (secondary N) is 2. The number of guanidine groups is 1. The van der Waals surface area contributed by atoms with E-state index in [1.54, 1.807) is 0 Å². The number of aliphatic imine (C=N–C) groups is 1. The maximum atomic E-state index is 4.87. The van der Waals surface area contributed by atoms with Crippen LogP contribution in [-0.2, 0) is 26.4 Å². The molecule has 2 N–H and O–H groups in total. The Morgan fingerprint density at radius 2 is 2.04 bits per heavy atom. The molecule has 0 aromatic carbocycles.